The van der Waals surface area contributed by atoms with E-state index in [4.69, 9.17) is 9.47 Å². The van der Waals surface area contributed by atoms with Gasteiger partial charge in [-0.3, -0.25) is 4.72 Å². The number of ether oxygens (including phenoxy) is 2. The molecular weight excluding hydrogens is 461 g/mol. The summed E-state index contributed by atoms with van der Waals surface area (Å²) in [6, 6.07) is 3.97. The number of carboxylic acids is 1. The van der Waals surface area contributed by atoms with Crippen LogP contribution >= 0.6 is 0 Å². The van der Waals surface area contributed by atoms with E-state index in [2.05, 4.69) is 11.6 Å². The van der Waals surface area contributed by atoms with E-state index >= 15 is 0 Å². The average molecular weight is 498 g/mol. The number of hydrogen-bond donors (Lipinski definition) is 2. The van der Waals surface area contributed by atoms with Crippen LogP contribution in [0.5, 0.6) is 0 Å². The first kappa shape index (κ1) is 26.6. The number of nitrogens with one attached hydrogen (secondary N) is 1. The highest BCUT2D eigenvalue weighted by molar-refractivity contribution is 7.93. The van der Waals surface area contributed by atoms with Gasteiger partial charge in [0.05, 0.1) is 24.5 Å². The summed E-state index contributed by atoms with van der Waals surface area (Å²) in [5.74, 6) is -2.93. The number of carbonyl (C=O) groups is 1. The van der Waals surface area contributed by atoms with Gasteiger partial charge in [0, 0.05) is 6.42 Å². The smallest absolute Gasteiger partial charge is 0.332 e. The van der Waals surface area contributed by atoms with Crippen molar-refractivity contribution in [3.8, 4) is 0 Å². The lowest BCUT2D eigenvalue weighted by Crippen LogP contribution is -2.42. The second-order valence-corrected chi connectivity index (χ2v) is 11.0. The molecule has 2 aliphatic rings. The highest BCUT2D eigenvalue weighted by atomic mass is 32.2. The lowest BCUT2D eigenvalue weighted by Gasteiger charge is -2.32. The minimum atomic E-state index is -4.09. The first-order valence-corrected chi connectivity index (χ1v) is 13.8. The fraction of sp³-hybridized carbons (Fsp3) is 0.640. The maximum atomic E-state index is 13.9. The number of anilines is 1. The van der Waals surface area contributed by atoms with Gasteiger partial charge in [-0.25, -0.2) is 17.6 Å². The van der Waals surface area contributed by atoms with Gasteiger partial charge in [0.25, 0.3) is 0 Å². The van der Waals surface area contributed by atoms with Crippen molar-refractivity contribution in [1.29, 1.82) is 0 Å². The van der Waals surface area contributed by atoms with Gasteiger partial charge in [0.1, 0.15) is 11.1 Å². The van der Waals surface area contributed by atoms with Crippen molar-refractivity contribution in [1.82, 2.24) is 0 Å². The topological polar surface area (TPSA) is 102 Å². The summed E-state index contributed by atoms with van der Waals surface area (Å²) < 4.78 is 54.0. The zero-order chi connectivity index (χ0) is 24.6. The van der Waals surface area contributed by atoms with Gasteiger partial charge in [0.2, 0.25) is 10.0 Å². The van der Waals surface area contributed by atoms with Crippen LogP contribution in [0.3, 0.4) is 0 Å². The molecule has 1 aliphatic heterocycles. The van der Waals surface area contributed by atoms with Gasteiger partial charge in [-0.2, -0.15) is 0 Å². The zero-order valence-corrected chi connectivity index (χ0v) is 20.7. The number of sulfonamides is 1. The molecule has 1 aliphatic carbocycles. The van der Waals surface area contributed by atoms with E-state index < -0.39 is 32.8 Å². The quantitative estimate of drug-likeness (QED) is 0.365. The number of carboxylic acid groups (broad SMARTS) is 1. The first-order valence-electron chi connectivity index (χ1n) is 12.3. The summed E-state index contributed by atoms with van der Waals surface area (Å²) in [4.78, 5) is 11.9. The fourth-order valence-corrected chi connectivity index (χ4v) is 6.23. The summed E-state index contributed by atoms with van der Waals surface area (Å²) in [7, 11) is -4.09. The van der Waals surface area contributed by atoms with Crippen LogP contribution in [0, 0.1) is 5.82 Å². The summed E-state index contributed by atoms with van der Waals surface area (Å²) in [5.41, 5.74) is 0.597. The second-order valence-electron chi connectivity index (χ2n) is 9.11. The molecule has 3 rings (SSSR count). The minimum Gasteiger partial charge on any atom is -0.478 e. The first-order chi connectivity index (χ1) is 16.3. The fourth-order valence-electron chi connectivity index (χ4n) is 4.65. The van der Waals surface area contributed by atoms with Crippen LogP contribution in [-0.2, 0) is 30.7 Å². The van der Waals surface area contributed by atoms with Crippen LogP contribution in [-0.4, -0.2) is 43.7 Å². The molecule has 2 N–H and O–H groups in total. The van der Waals surface area contributed by atoms with Gasteiger partial charge in [-0.1, -0.05) is 51.9 Å². The third-order valence-electron chi connectivity index (χ3n) is 6.49. The maximum Gasteiger partial charge on any atom is 0.332 e. The second kappa shape index (κ2) is 12.1. The third kappa shape index (κ3) is 7.02. The van der Waals surface area contributed by atoms with Crippen molar-refractivity contribution < 1.29 is 32.2 Å². The predicted molar refractivity (Wildman–Crippen MR) is 129 cm³/mol. The Hall–Kier alpha value is -1.97. The van der Waals surface area contributed by atoms with Gasteiger partial charge < -0.3 is 14.6 Å². The molecular formula is C25H36FNO6S. The predicted octanol–water partition coefficient (Wildman–Crippen LogP) is 5.17. The summed E-state index contributed by atoms with van der Waals surface area (Å²) in [6.45, 7) is 2.85. The molecule has 1 atom stereocenters. The highest BCUT2D eigenvalue weighted by Crippen LogP contribution is 2.37. The maximum absolute atomic E-state index is 13.9. The lowest BCUT2D eigenvalue weighted by molar-refractivity contribution is -0.138. The Morgan fingerprint density at radius 3 is 2.41 bits per heavy atom. The van der Waals surface area contributed by atoms with Crippen LogP contribution in [0.25, 0.3) is 0 Å². The average Bonchev–Trinajstić information content (AvgIpc) is 3.24. The number of benzene rings is 1. The molecule has 0 radical (unpaired) electrons. The number of rotatable bonds is 13. The molecule has 1 aromatic carbocycles. The molecule has 0 aromatic heterocycles. The zero-order valence-electron chi connectivity index (χ0n) is 19.9. The summed E-state index contributed by atoms with van der Waals surface area (Å²) in [6.07, 6.45) is 11.1. The number of unbranched alkanes of at least 4 members (excludes halogenated alkanes) is 7. The number of aryl methyl sites for hydroxylation is 1. The van der Waals surface area contributed by atoms with Gasteiger partial charge in [0.15, 0.2) is 5.79 Å². The molecule has 9 heteroatoms. The standard InChI is InChI=1S/C25H36FNO6S/c1-2-3-4-5-6-7-8-9-10-19-17-20(26)11-12-22(19)27-34(30,31)23-13-14-25(32-15-16-33-25)18-21(23)24(28)29/h11-12,17-18,23,27H,2-10,13-16H2,1H3,(H,28,29). The van der Waals surface area contributed by atoms with E-state index in [1.807, 2.05) is 0 Å². The Kier molecular flexibility index (Phi) is 9.50. The Morgan fingerprint density at radius 1 is 1.12 bits per heavy atom. The molecule has 34 heavy (non-hydrogen) atoms. The van der Waals surface area contributed by atoms with E-state index in [1.54, 1.807) is 0 Å². The van der Waals surface area contributed by atoms with Crippen LogP contribution < -0.4 is 4.72 Å². The van der Waals surface area contributed by atoms with Crippen molar-refractivity contribution in [3.63, 3.8) is 0 Å². The van der Waals surface area contributed by atoms with Crippen molar-refractivity contribution >= 4 is 21.7 Å². The molecule has 1 aromatic rings. The molecule has 1 heterocycles. The minimum absolute atomic E-state index is 0.0437. The van der Waals surface area contributed by atoms with E-state index in [9.17, 15) is 22.7 Å². The number of hydrogen-bond acceptors (Lipinski definition) is 5. The van der Waals surface area contributed by atoms with E-state index in [0.717, 1.165) is 19.3 Å². The molecule has 7 nitrogen and oxygen atoms in total. The lowest BCUT2D eigenvalue weighted by atomic mass is 9.94. The summed E-state index contributed by atoms with van der Waals surface area (Å²) in [5, 5.41) is 8.43. The molecule has 0 amide bonds. The van der Waals surface area contributed by atoms with E-state index in [1.165, 1.54) is 56.4 Å². The van der Waals surface area contributed by atoms with Crippen LogP contribution in [0.15, 0.2) is 29.8 Å². The normalized spacial score (nSPS) is 19.8. The third-order valence-corrected chi connectivity index (χ3v) is 8.24. The van der Waals surface area contributed by atoms with Crippen LogP contribution in [0.2, 0.25) is 0 Å². The Balaban J connectivity index is 1.66. The molecule has 0 bridgehead atoms. The van der Waals surface area contributed by atoms with E-state index in [-0.39, 0.29) is 18.4 Å². The van der Waals surface area contributed by atoms with Crippen molar-refractivity contribution in [2.75, 3.05) is 17.9 Å². The number of aliphatic carboxylic acids is 1. The Morgan fingerprint density at radius 2 is 1.76 bits per heavy atom. The van der Waals surface area contributed by atoms with Gasteiger partial charge in [-0.15, -0.1) is 0 Å². The molecule has 1 spiro atoms. The highest BCUT2D eigenvalue weighted by Gasteiger charge is 2.45. The van der Waals surface area contributed by atoms with Gasteiger partial charge in [-0.05, 0) is 49.1 Å². The SMILES string of the molecule is CCCCCCCCCCc1cc(F)ccc1NS(=O)(=O)C1CCC2(C=C1C(=O)O)OCCO2. The Bertz CT molecular complexity index is 972. The van der Waals surface area contributed by atoms with Crippen LogP contribution in [0.4, 0.5) is 10.1 Å². The summed E-state index contributed by atoms with van der Waals surface area (Å²) >= 11 is 0. The van der Waals surface area contributed by atoms with Crippen molar-refractivity contribution in [2.24, 2.45) is 0 Å². The number of halogens is 1. The molecule has 1 unspecified atom stereocenters. The van der Waals surface area contributed by atoms with E-state index in [0.29, 0.717) is 30.9 Å². The monoisotopic (exact) mass is 497 g/mol. The van der Waals surface area contributed by atoms with Crippen molar-refractivity contribution in [3.05, 3.63) is 41.2 Å². The Labute approximate surface area is 201 Å². The molecule has 0 saturated carbocycles. The molecule has 190 valence electrons. The largest absolute Gasteiger partial charge is 0.478 e. The molecule has 1 fully saturated rings. The van der Waals surface area contributed by atoms with Crippen LogP contribution in [0.1, 0.15) is 76.7 Å². The molecule has 1 saturated heterocycles. The van der Waals surface area contributed by atoms with Crippen molar-refractivity contribution in [2.45, 2.75) is 88.6 Å². The van der Waals surface area contributed by atoms with Gasteiger partial charge >= 0.3 is 5.97 Å².